The van der Waals surface area contributed by atoms with Crippen molar-refractivity contribution >= 4 is 11.6 Å². The molecule has 18 heavy (non-hydrogen) atoms. The van der Waals surface area contributed by atoms with Gasteiger partial charge < -0.3 is 4.74 Å². The van der Waals surface area contributed by atoms with Crippen molar-refractivity contribution in [3.8, 4) is 5.75 Å². The Bertz CT molecular complexity index is 407. The quantitative estimate of drug-likeness (QED) is 0.739. The molecule has 3 heteroatoms. The van der Waals surface area contributed by atoms with E-state index in [9.17, 15) is 4.39 Å². The van der Waals surface area contributed by atoms with E-state index in [4.69, 9.17) is 16.3 Å². The predicted octanol–water partition coefficient (Wildman–Crippen LogP) is 4.42. The molecule has 0 aromatic heterocycles. The highest BCUT2D eigenvalue weighted by molar-refractivity contribution is 6.20. The lowest BCUT2D eigenvalue weighted by molar-refractivity contribution is 0.287. The average molecular weight is 271 g/mol. The highest BCUT2D eigenvalue weighted by atomic mass is 35.5. The van der Waals surface area contributed by atoms with E-state index in [-0.39, 0.29) is 11.2 Å². The molecule has 2 rings (SSSR count). The van der Waals surface area contributed by atoms with Crippen LogP contribution in [0, 0.1) is 17.7 Å². The maximum absolute atomic E-state index is 13.6. The lowest BCUT2D eigenvalue weighted by Gasteiger charge is -2.31. The third-order valence-corrected chi connectivity index (χ3v) is 4.44. The van der Waals surface area contributed by atoms with Gasteiger partial charge in [-0.15, -0.1) is 11.6 Å². The van der Waals surface area contributed by atoms with Crippen molar-refractivity contribution < 1.29 is 9.13 Å². The second-order valence-electron chi connectivity index (χ2n) is 5.37. The van der Waals surface area contributed by atoms with Gasteiger partial charge in [0.2, 0.25) is 0 Å². The van der Waals surface area contributed by atoms with Crippen LogP contribution in [0.5, 0.6) is 5.75 Å². The van der Waals surface area contributed by atoms with Crippen LogP contribution in [0.2, 0.25) is 0 Å². The first-order valence-corrected chi connectivity index (χ1v) is 7.00. The summed E-state index contributed by atoms with van der Waals surface area (Å²) in [5, 5.41) is 0.228. The van der Waals surface area contributed by atoms with Gasteiger partial charge in [0, 0.05) is 5.38 Å². The lowest BCUT2D eigenvalue weighted by Crippen LogP contribution is -2.26. The van der Waals surface area contributed by atoms with Gasteiger partial charge in [-0.1, -0.05) is 13.0 Å². The fraction of sp³-hybridized carbons (Fsp3) is 0.600. The number of hydrogen-bond donors (Lipinski definition) is 0. The van der Waals surface area contributed by atoms with Crippen molar-refractivity contribution in [1.82, 2.24) is 0 Å². The molecule has 0 spiro atoms. The predicted molar refractivity (Wildman–Crippen MR) is 72.8 cm³/mol. The normalized spacial score (nSPS) is 28.1. The van der Waals surface area contributed by atoms with Gasteiger partial charge in [0.1, 0.15) is 0 Å². The Morgan fingerprint density at radius 3 is 2.83 bits per heavy atom. The Balaban J connectivity index is 2.06. The third kappa shape index (κ3) is 3.17. The Hall–Kier alpha value is -0.760. The van der Waals surface area contributed by atoms with Crippen molar-refractivity contribution in [1.29, 1.82) is 0 Å². The van der Waals surface area contributed by atoms with Crippen molar-refractivity contribution in [3.63, 3.8) is 0 Å². The van der Waals surface area contributed by atoms with Gasteiger partial charge in [0.05, 0.1) is 7.11 Å². The van der Waals surface area contributed by atoms with Crippen LogP contribution in [0.25, 0.3) is 0 Å². The largest absolute Gasteiger partial charge is 0.494 e. The minimum absolute atomic E-state index is 0.228. The molecule has 1 aliphatic carbocycles. The maximum Gasteiger partial charge on any atom is 0.165 e. The molecular formula is C15H20ClFO. The molecule has 0 amide bonds. The molecule has 0 heterocycles. The number of benzene rings is 1. The number of methoxy groups -OCH3 is 1. The summed E-state index contributed by atoms with van der Waals surface area (Å²) >= 11 is 6.38. The minimum atomic E-state index is -0.287. The molecule has 1 nitrogen and oxygen atoms in total. The van der Waals surface area contributed by atoms with Gasteiger partial charge in [-0.05, 0) is 55.2 Å². The van der Waals surface area contributed by atoms with Crippen LogP contribution in [-0.2, 0) is 6.42 Å². The van der Waals surface area contributed by atoms with Crippen molar-refractivity contribution in [3.05, 3.63) is 29.6 Å². The molecule has 1 fully saturated rings. The Kier molecular flexibility index (Phi) is 4.50. The Labute approximate surface area is 113 Å². The summed E-state index contributed by atoms with van der Waals surface area (Å²) in [5.41, 5.74) is 1.01. The van der Waals surface area contributed by atoms with Crippen LogP contribution < -0.4 is 4.74 Å². The summed E-state index contributed by atoms with van der Waals surface area (Å²) in [6, 6.07) is 5.20. The first kappa shape index (κ1) is 13.7. The van der Waals surface area contributed by atoms with E-state index >= 15 is 0 Å². The molecule has 1 aliphatic rings. The van der Waals surface area contributed by atoms with E-state index in [2.05, 4.69) is 6.92 Å². The van der Waals surface area contributed by atoms with E-state index in [0.29, 0.717) is 11.7 Å². The second-order valence-corrected chi connectivity index (χ2v) is 5.93. The van der Waals surface area contributed by atoms with E-state index in [1.807, 2.05) is 6.07 Å². The number of rotatable bonds is 3. The molecular weight excluding hydrogens is 251 g/mol. The average Bonchev–Trinajstić information content (AvgIpc) is 2.34. The summed E-state index contributed by atoms with van der Waals surface area (Å²) in [7, 11) is 1.48. The van der Waals surface area contributed by atoms with Gasteiger partial charge in [-0.2, -0.15) is 0 Å². The summed E-state index contributed by atoms with van der Waals surface area (Å²) in [6.07, 6.45) is 4.29. The fourth-order valence-electron chi connectivity index (χ4n) is 2.81. The van der Waals surface area contributed by atoms with Gasteiger partial charge in [0.15, 0.2) is 11.6 Å². The van der Waals surface area contributed by atoms with E-state index in [1.54, 1.807) is 12.1 Å². The van der Waals surface area contributed by atoms with Crippen LogP contribution in [-0.4, -0.2) is 12.5 Å². The van der Waals surface area contributed by atoms with Crippen LogP contribution >= 0.6 is 11.6 Å². The van der Waals surface area contributed by atoms with Crippen LogP contribution in [0.3, 0.4) is 0 Å². The van der Waals surface area contributed by atoms with Gasteiger partial charge >= 0.3 is 0 Å². The molecule has 0 saturated heterocycles. The highest BCUT2D eigenvalue weighted by Gasteiger charge is 2.27. The molecule has 3 unspecified atom stereocenters. The molecule has 0 aliphatic heterocycles. The van der Waals surface area contributed by atoms with E-state index in [0.717, 1.165) is 30.7 Å². The first-order valence-electron chi connectivity index (χ1n) is 6.56. The molecule has 0 N–H and O–H groups in total. The van der Waals surface area contributed by atoms with Crippen LogP contribution in [0.4, 0.5) is 4.39 Å². The summed E-state index contributed by atoms with van der Waals surface area (Å²) < 4.78 is 18.5. The number of hydrogen-bond acceptors (Lipinski definition) is 1. The molecule has 1 aromatic rings. The monoisotopic (exact) mass is 270 g/mol. The summed E-state index contributed by atoms with van der Waals surface area (Å²) in [6.45, 7) is 2.27. The van der Waals surface area contributed by atoms with Crippen molar-refractivity contribution in [2.75, 3.05) is 7.11 Å². The fourth-order valence-corrected chi connectivity index (χ4v) is 3.13. The zero-order valence-corrected chi connectivity index (χ0v) is 11.7. The molecule has 1 aromatic carbocycles. The first-order chi connectivity index (χ1) is 8.60. The van der Waals surface area contributed by atoms with Gasteiger partial charge in [-0.25, -0.2) is 4.39 Å². The Morgan fingerprint density at radius 1 is 1.39 bits per heavy atom. The molecule has 100 valence electrons. The number of ether oxygens (including phenoxy) is 1. The van der Waals surface area contributed by atoms with Crippen LogP contribution in [0.15, 0.2) is 18.2 Å². The highest BCUT2D eigenvalue weighted by Crippen LogP contribution is 2.35. The minimum Gasteiger partial charge on any atom is -0.494 e. The molecule has 3 atom stereocenters. The standard InChI is InChI=1S/C15H20ClFO/c1-10-3-5-13(16)12(7-10)8-11-4-6-15(18-2)14(17)9-11/h4,6,9-10,12-13H,3,5,7-8H2,1-2H3. The summed E-state index contributed by atoms with van der Waals surface area (Å²) in [5.74, 6) is 1.21. The zero-order valence-electron chi connectivity index (χ0n) is 11.0. The van der Waals surface area contributed by atoms with Crippen LogP contribution in [0.1, 0.15) is 31.7 Å². The van der Waals surface area contributed by atoms with Crippen molar-refractivity contribution in [2.45, 2.75) is 38.0 Å². The zero-order chi connectivity index (χ0) is 13.1. The molecule has 0 radical (unpaired) electrons. The number of halogens is 2. The van der Waals surface area contributed by atoms with Gasteiger partial charge in [-0.3, -0.25) is 0 Å². The van der Waals surface area contributed by atoms with Crippen molar-refractivity contribution in [2.24, 2.45) is 11.8 Å². The SMILES string of the molecule is COc1ccc(CC2CC(C)CCC2Cl)cc1F. The second kappa shape index (κ2) is 5.92. The summed E-state index contributed by atoms with van der Waals surface area (Å²) in [4.78, 5) is 0. The van der Waals surface area contributed by atoms with E-state index < -0.39 is 0 Å². The smallest absolute Gasteiger partial charge is 0.165 e. The topological polar surface area (TPSA) is 9.23 Å². The number of alkyl halides is 1. The lowest BCUT2D eigenvalue weighted by atomic mass is 9.79. The maximum atomic E-state index is 13.6. The van der Waals surface area contributed by atoms with E-state index in [1.165, 1.54) is 13.5 Å². The Morgan fingerprint density at radius 2 is 2.17 bits per heavy atom. The molecule has 1 saturated carbocycles. The van der Waals surface area contributed by atoms with Gasteiger partial charge in [0.25, 0.3) is 0 Å². The molecule has 0 bridgehead atoms. The third-order valence-electron chi connectivity index (χ3n) is 3.87.